The molecule has 0 radical (unpaired) electrons. The minimum Gasteiger partial charge on any atom is -0.488 e. The quantitative estimate of drug-likeness (QED) is 0.0231. The van der Waals surface area contributed by atoms with Crippen molar-refractivity contribution in [2.75, 3.05) is 6.54 Å². The van der Waals surface area contributed by atoms with Gasteiger partial charge >= 0.3 is 0 Å². The molecule has 2 bridgehead atoms. The van der Waals surface area contributed by atoms with Gasteiger partial charge in [0.05, 0.1) is 17.4 Å². The number of hydrogen-bond acceptors (Lipinski definition) is 6. The van der Waals surface area contributed by atoms with Crippen LogP contribution in [0, 0.1) is 72.5 Å². The number of carbonyl (C=O) groups excluding carboxylic acids is 5. The molecule has 6 aliphatic carbocycles. The zero-order valence-corrected chi connectivity index (χ0v) is 65.1. The Hall–Kier alpha value is -7.25. The van der Waals surface area contributed by atoms with Gasteiger partial charge in [-0.25, -0.2) is 0 Å². The van der Waals surface area contributed by atoms with Gasteiger partial charge < -0.3 is 14.4 Å². The highest BCUT2D eigenvalue weighted by molar-refractivity contribution is 6.07. The average Bonchev–Trinajstić information content (AvgIpc) is 1.38. The van der Waals surface area contributed by atoms with Gasteiger partial charge in [0.25, 0.3) is 0 Å². The largest absolute Gasteiger partial charge is 0.488 e. The highest BCUT2D eigenvalue weighted by Gasteiger charge is 2.49. The van der Waals surface area contributed by atoms with Gasteiger partial charge in [0.1, 0.15) is 29.7 Å². The number of carbonyl (C=O) groups is 5. The van der Waals surface area contributed by atoms with E-state index in [1.54, 1.807) is 19.4 Å². The Morgan fingerprint density at radius 2 is 1.45 bits per heavy atom. The molecule has 7 heteroatoms. The van der Waals surface area contributed by atoms with E-state index in [-0.39, 0.29) is 58.8 Å². The zero-order valence-electron chi connectivity index (χ0n) is 65.1. The second kappa shape index (κ2) is 34.5. The fraction of sp³-hybridized carbons (Fsp3) is 0.536. The van der Waals surface area contributed by atoms with Crippen molar-refractivity contribution in [1.82, 2.24) is 4.90 Å². The molecule has 4 saturated carbocycles. The van der Waals surface area contributed by atoms with Gasteiger partial charge in [0, 0.05) is 31.4 Å². The Morgan fingerprint density at radius 1 is 0.712 bits per heavy atom. The standard InChI is InChI=1S/C97H123NO6/c1-62(2)94(96(103)98-60-64(4)50-90(98)91(101)53-69(9)78-40-42-79(43-41-78)87-28-14-19-65(87)5)83-39-36-74(55-83)22-15-21-73-35-38-77(67(7)51-73)26-16-23-72-24-17-27-82(54-72)95-84-44-45-85(95)57-86(56-84)88-58-81(37-30-66(88)6)89-49-63(3)29-46-92(89)104-61-76-33-31-75(32-34-76)52-68(8)80(25-13-12-20-70(10)99)59-93(102)97(71(11)100)47-18-48-97/h14,17,19,24,27,29-34,36-37,40-43,46,49,54-55,58,62,64,67,69,73,77,80,84-86,90,94-95H,8,12-13,15-16,18,20-23,25-26,28,35,38-39,44-45,47-48,50-53,56-57,59-61H2,1-7,9-11H3/t64-,67-,69-,73?,77?,80-,84?,85?,86?,90+,94-,95?/m1/s1. The van der Waals surface area contributed by atoms with Gasteiger partial charge in [-0.15, -0.1) is 0 Å². The lowest BCUT2D eigenvalue weighted by molar-refractivity contribution is -0.146. The normalized spacial score (nSPS) is 24.3. The Morgan fingerprint density at radius 3 is 2.14 bits per heavy atom. The molecular weight excluding hydrogens is 1280 g/mol. The van der Waals surface area contributed by atoms with Gasteiger partial charge in [-0.05, 0) is 295 Å². The van der Waals surface area contributed by atoms with E-state index in [2.05, 4.69) is 195 Å². The number of rotatable bonds is 34. The molecule has 1 amide bonds. The van der Waals surface area contributed by atoms with Crippen molar-refractivity contribution in [2.45, 2.75) is 267 Å². The molecule has 7 nitrogen and oxygen atoms in total. The summed E-state index contributed by atoms with van der Waals surface area (Å²) in [5.74, 6) is 6.84. The van der Waals surface area contributed by atoms with E-state index in [0.29, 0.717) is 81.3 Å². The first-order chi connectivity index (χ1) is 50.1. The third-order valence-electron chi connectivity index (χ3n) is 26.7. The van der Waals surface area contributed by atoms with Crippen LogP contribution in [0.4, 0.5) is 0 Å². The molecule has 1 saturated heterocycles. The second-order valence-corrected chi connectivity index (χ2v) is 34.7. The van der Waals surface area contributed by atoms with E-state index in [9.17, 15) is 24.0 Å². The minimum atomic E-state index is -0.809. The van der Waals surface area contributed by atoms with E-state index in [1.165, 1.54) is 138 Å². The second-order valence-electron chi connectivity index (χ2n) is 34.7. The molecular formula is C97H123NO6. The van der Waals surface area contributed by atoms with Crippen LogP contribution in [-0.2, 0) is 43.4 Å². The summed E-state index contributed by atoms with van der Waals surface area (Å²) in [6, 6.07) is 40.6. The van der Waals surface area contributed by atoms with Crippen LogP contribution in [0.5, 0.6) is 5.75 Å². The highest BCUT2D eigenvalue weighted by atomic mass is 16.5. The van der Waals surface area contributed by atoms with Gasteiger partial charge in [-0.1, -0.05) is 211 Å². The molecule has 1 heterocycles. The summed E-state index contributed by atoms with van der Waals surface area (Å²) in [7, 11) is 0. The maximum Gasteiger partial charge on any atom is 0.230 e. The van der Waals surface area contributed by atoms with E-state index >= 15 is 0 Å². The first kappa shape index (κ1) is 76.4. The number of benzene rings is 5. The first-order valence-electron chi connectivity index (χ1n) is 41.0. The fourth-order valence-electron chi connectivity index (χ4n) is 20.4. The minimum absolute atomic E-state index is 0.00181. The van der Waals surface area contributed by atoms with Gasteiger partial charge in [-0.3, -0.25) is 19.2 Å². The van der Waals surface area contributed by atoms with Crippen LogP contribution in [0.15, 0.2) is 162 Å². The molecule has 7 aliphatic rings. The van der Waals surface area contributed by atoms with Crippen molar-refractivity contribution in [3.05, 3.63) is 212 Å². The van der Waals surface area contributed by atoms with Crippen molar-refractivity contribution in [3.63, 3.8) is 0 Å². The van der Waals surface area contributed by atoms with Crippen LogP contribution in [-0.4, -0.2) is 46.5 Å². The molecule has 5 fully saturated rings. The van der Waals surface area contributed by atoms with Crippen LogP contribution in [0.3, 0.4) is 0 Å². The molecule has 0 N–H and O–H groups in total. The van der Waals surface area contributed by atoms with E-state index in [4.69, 9.17) is 4.74 Å². The number of allylic oxidation sites excluding steroid dienone is 8. The molecule has 4 unspecified atom stereocenters. The maximum atomic E-state index is 14.7. The predicted molar refractivity (Wildman–Crippen MR) is 428 cm³/mol. The summed E-state index contributed by atoms with van der Waals surface area (Å²) in [6.45, 7) is 26.8. The number of ketones is 4. The number of hydrogen-bond donors (Lipinski definition) is 0. The summed E-state index contributed by atoms with van der Waals surface area (Å²) in [5.41, 5.74) is 19.8. The summed E-state index contributed by atoms with van der Waals surface area (Å²) in [4.78, 5) is 68.9. The number of unbranched alkanes of at least 4 members (excludes halogenated alkanes) is 1. The monoisotopic (exact) mass is 1400 g/mol. The molecule has 12 rings (SSSR count). The van der Waals surface area contributed by atoms with Crippen LogP contribution in [0.1, 0.15) is 277 Å². The summed E-state index contributed by atoms with van der Waals surface area (Å²) in [5, 5.41) is 0. The van der Waals surface area contributed by atoms with Crippen molar-refractivity contribution in [1.29, 1.82) is 0 Å². The van der Waals surface area contributed by atoms with Crippen molar-refractivity contribution in [2.24, 2.45) is 58.7 Å². The van der Waals surface area contributed by atoms with E-state index in [0.717, 1.165) is 97.1 Å². The number of Topliss-reactive ketones (excluding diaryl/α,β-unsaturated/α-hetero) is 4. The van der Waals surface area contributed by atoms with Crippen molar-refractivity contribution in [3.8, 4) is 16.9 Å². The lowest BCUT2D eigenvalue weighted by Crippen LogP contribution is -2.45. The van der Waals surface area contributed by atoms with E-state index < -0.39 is 5.41 Å². The first-order valence-corrected chi connectivity index (χ1v) is 41.0. The lowest BCUT2D eigenvalue weighted by Gasteiger charge is -2.39. The summed E-state index contributed by atoms with van der Waals surface area (Å²) < 4.78 is 6.72. The predicted octanol–water partition coefficient (Wildman–Crippen LogP) is 23.6. The Bertz CT molecular complexity index is 4020. The fourth-order valence-corrected chi connectivity index (χ4v) is 20.4. The summed E-state index contributed by atoms with van der Waals surface area (Å²) >= 11 is 0. The number of likely N-dealkylation sites (tertiary alicyclic amines) is 1. The third-order valence-corrected chi connectivity index (χ3v) is 26.7. The van der Waals surface area contributed by atoms with Crippen molar-refractivity contribution < 1.29 is 28.7 Å². The summed E-state index contributed by atoms with van der Waals surface area (Å²) in [6.07, 6.45) is 35.0. The van der Waals surface area contributed by atoms with Crippen molar-refractivity contribution >= 4 is 34.6 Å². The Kier molecular flexibility index (Phi) is 25.4. The number of ether oxygens (including phenoxy) is 1. The Labute approximate surface area is 625 Å². The van der Waals surface area contributed by atoms with Gasteiger partial charge in [0.2, 0.25) is 5.91 Å². The Balaban J connectivity index is 0.582. The van der Waals surface area contributed by atoms with Gasteiger partial charge in [-0.2, -0.15) is 0 Å². The molecule has 552 valence electrons. The third kappa shape index (κ3) is 18.2. The molecule has 0 aromatic heterocycles. The number of aryl methyl sites for hydroxylation is 3. The zero-order chi connectivity index (χ0) is 73.3. The van der Waals surface area contributed by atoms with Crippen LogP contribution in [0.2, 0.25) is 0 Å². The highest BCUT2D eigenvalue weighted by Crippen LogP contribution is 2.57. The average molecular weight is 1400 g/mol. The topological polar surface area (TPSA) is 97.8 Å². The lowest BCUT2D eigenvalue weighted by atomic mass is 9.62. The number of nitrogens with zero attached hydrogens (tertiary/aromatic N) is 1. The molecule has 5 aromatic carbocycles. The van der Waals surface area contributed by atoms with E-state index in [1.807, 2.05) is 4.90 Å². The van der Waals surface area contributed by atoms with Crippen LogP contribution >= 0.6 is 0 Å². The smallest absolute Gasteiger partial charge is 0.230 e. The molecule has 104 heavy (non-hydrogen) atoms. The SMILES string of the molecule is C=C(Cc1ccc(COc2ccc(C)cc2-c2ccc(C)c(C3CC4CCC(C3)C4c3cccc(CCCC4CCC(CCCC5=CCC([C@H](C(=O)N6C[C@H](C)C[C@H]6C(=O)C[C@@H](C)c6ccc(C7=C(C)C=CC7)cc6)C(C)C)=C5)C[C@H]4C)c3)c2)cc1)[C@H](CCCCC(C)=O)CC(=O)C1(C(C)=O)CCC1. The molecule has 1 aliphatic heterocycles. The van der Waals surface area contributed by atoms with Crippen LogP contribution in [0.25, 0.3) is 16.7 Å². The number of amides is 1. The maximum absolute atomic E-state index is 14.7. The van der Waals surface area contributed by atoms with Crippen LogP contribution < -0.4 is 4.74 Å². The molecule has 10 atom stereocenters. The molecule has 5 aromatic rings. The van der Waals surface area contributed by atoms with Gasteiger partial charge in [0.15, 0.2) is 5.78 Å². The molecule has 0 spiro atoms. The number of fused-ring (bicyclic) bond motifs is 2.